The quantitative estimate of drug-likeness (QED) is 0.349. The van der Waals surface area contributed by atoms with Crippen LogP contribution >= 0.6 is 23.5 Å². The summed E-state index contributed by atoms with van der Waals surface area (Å²) in [7, 11) is 1.97. The van der Waals surface area contributed by atoms with Crippen LogP contribution in [0.5, 0.6) is 0 Å². The van der Waals surface area contributed by atoms with Crippen molar-refractivity contribution < 1.29 is 24.1 Å². The van der Waals surface area contributed by atoms with Gasteiger partial charge in [-0.2, -0.15) is 0 Å². The Hall–Kier alpha value is -3.50. The smallest absolute Gasteiger partial charge is 0.353 e. The van der Waals surface area contributed by atoms with Crippen LogP contribution in [0.2, 0.25) is 0 Å². The van der Waals surface area contributed by atoms with Crippen LogP contribution in [-0.4, -0.2) is 49.5 Å². The van der Waals surface area contributed by atoms with E-state index in [2.05, 4.69) is 9.88 Å². The third-order valence-corrected chi connectivity index (χ3v) is 8.57. The molecule has 36 heavy (non-hydrogen) atoms. The molecule has 0 spiro atoms. The van der Waals surface area contributed by atoms with Crippen LogP contribution in [0.25, 0.3) is 0 Å². The van der Waals surface area contributed by atoms with Crippen LogP contribution in [0.15, 0.2) is 88.8 Å². The van der Waals surface area contributed by atoms with Crippen molar-refractivity contribution in [1.82, 2.24) is 14.8 Å². The lowest BCUT2D eigenvalue weighted by Gasteiger charge is -2.49. The number of carbonyl (C=O) groups is 3. The Labute approximate surface area is 217 Å². The van der Waals surface area contributed by atoms with Gasteiger partial charge in [0.05, 0.1) is 13.5 Å². The van der Waals surface area contributed by atoms with Crippen molar-refractivity contribution in [2.24, 2.45) is 7.05 Å². The van der Waals surface area contributed by atoms with Gasteiger partial charge in [0, 0.05) is 15.6 Å². The lowest BCUT2D eigenvalue weighted by atomic mass is 10.0. The number of hydrogen-bond acceptors (Lipinski definition) is 5. The molecule has 0 radical (unpaired) electrons. The minimum Gasteiger partial charge on any atom is -0.477 e. The molecule has 3 heterocycles. The molecule has 10 heteroatoms. The van der Waals surface area contributed by atoms with Crippen LogP contribution in [0, 0.1) is 0 Å². The topological polar surface area (TPSA) is 95.5 Å². The third kappa shape index (κ3) is 5.05. The molecule has 8 nitrogen and oxygen atoms in total. The summed E-state index contributed by atoms with van der Waals surface area (Å²) in [6, 6.07) is 16.6. The summed E-state index contributed by atoms with van der Waals surface area (Å²) in [4.78, 5) is 40.4. The second-order valence-corrected chi connectivity index (χ2v) is 11.0. The molecular weight excluding hydrogens is 496 g/mol. The Morgan fingerprint density at radius 1 is 1.14 bits per heavy atom. The van der Waals surface area contributed by atoms with Crippen molar-refractivity contribution in [3.05, 3.63) is 95.0 Å². The molecule has 0 saturated carbocycles. The number of aliphatic carboxylic acids is 1. The molecule has 2 aromatic carbocycles. The minimum absolute atomic E-state index is 0.00576. The highest BCUT2D eigenvalue weighted by Crippen LogP contribution is 2.45. The zero-order chi connectivity index (χ0) is 25.2. The Balaban J connectivity index is 1.26. The largest absolute Gasteiger partial charge is 0.477 e. The Morgan fingerprint density at radius 3 is 2.56 bits per heavy atom. The zero-order valence-corrected chi connectivity index (χ0v) is 21.2. The van der Waals surface area contributed by atoms with E-state index >= 15 is 0 Å². The molecule has 2 amide bonds. The van der Waals surface area contributed by atoms with E-state index < -0.39 is 17.4 Å². The molecule has 2 N–H and O–H groups in total. The van der Waals surface area contributed by atoms with E-state index in [1.807, 2.05) is 84.9 Å². The Morgan fingerprint density at radius 2 is 1.89 bits per heavy atom. The monoisotopic (exact) mass is 521 g/mol. The lowest BCUT2D eigenvalue weighted by molar-refractivity contribution is -0.671. The molecule has 2 atom stereocenters. The summed E-state index contributed by atoms with van der Waals surface area (Å²) < 4.78 is 4.06. The van der Waals surface area contributed by atoms with Gasteiger partial charge in [-0.15, -0.1) is 11.8 Å². The summed E-state index contributed by atoms with van der Waals surface area (Å²) in [5, 5.41) is 12.3. The first-order chi connectivity index (χ1) is 17.4. The number of benzene rings is 2. The van der Waals surface area contributed by atoms with Crippen molar-refractivity contribution in [3.8, 4) is 0 Å². The van der Waals surface area contributed by atoms with Gasteiger partial charge in [-0.3, -0.25) is 14.5 Å². The van der Waals surface area contributed by atoms with Crippen LogP contribution in [-0.2, 0) is 34.4 Å². The lowest BCUT2D eigenvalue weighted by Crippen LogP contribution is -2.70. The predicted molar refractivity (Wildman–Crippen MR) is 137 cm³/mol. The van der Waals surface area contributed by atoms with Crippen LogP contribution in [0.1, 0.15) is 11.1 Å². The molecule has 1 fully saturated rings. The molecule has 3 aromatic rings. The van der Waals surface area contributed by atoms with Gasteiger partial charge in [-0.25, -0.2) is 13.9 Å². The fraction of sp³-hybridized carbons (Fsp3) is 0.231. The number of carbonyl (C=O) groups excluding carboxylic acids is 2. The number of fused-ring (bicyclic) bond motifs is 1. The van der Waals surface area contributed by atoms with Crippen molar-refractivity contribution >= 4 is 41.3 Å². The van der Waals surface area contributed by atoms with E-state index in [9.17, 15) is 19.5 Å². The predicted octanol–water partition coefficient (Wildman–Crippen LogP) is 2.39. The number of amides is 2. The fourth-order valence-corrected chi connectivity index (χ4v) is 6.76. The van der Waals surface area contributed by atoms with Gasteiger partial charge < -0.3 is 10.4 Å². The number of carboxylic acid groups (broad SMARTS) is 1. The van der Waals surface area contributed by atoms with Crippen molar-refractivity contribution in [3.63, 3.8) is 0 Å². The average Bonchev–Trinajstić information content (AvgIpc) is 3.28. The highest BCUT2D eigenvalue weighted by molar-refractivity contribution is 8.06. The van der Waals surface area contributed by atoms with Gasteiger partial charge in [0.25, 0.3) is 5.91 Å². The molecule has 2 aliphatic heterocycles. The van der Waals surface area contributed by atoms with E-state index in [4.69, 9.17) is 0 Å². The van der Waals surface area contributed by atoms with E-state index in [-0.39, 0.29) is 23.9 Å². The van der Waals surface area contributed by atoms with Crippen LogP contribution in [0.3, 0.4) is 0 Å². The third-order valence-electron chi connectivity index (χ3n) is 6.01. The van der Waals surface area contributed by atoms with Gasteiger partial charge in [0.15, 0.2) is 0 Å². The number of hydrogen-bond donors (Lipinski definition) is 2. The number of carboxylic acids is 1. The molecule has 0 unspecified atom stereocenters. The number of imidazole rings is 1. The molecule has 5 rings (SSSR count). The molecule has 0 bridgehead atoms. The van der Waals surface area contributed by atoms with Crippen LogP contribution in [0.4, 0.5) is 0 Å². The van der Waals surface area contributed by atoms with Gasteiger partial charge in [-0.1, -0.05) is 54.2 Å². The maximum atomic E-state index is 12.9. The number of nitrogens with one attached hydrogen (secondary N) is 1. The van der Waals surface area contributed by atoms with Gasteiger partial charge in [0.1, 0.15) is 36.1 Å². The maximum Gasteiger partial charge on any atom is 0.353 e. The summed E-state index contributed by atoms with van der Waals surface area (Å²) in [6.45, 7) is 0.742. The van der Waals surface area contributed by atoms with Crippen molar-refractivity contribution in [1.29, 1.82) is 0 Å². The Kier molecular flexibility index (Phi) is 6.88. The summed E-state index contributed by atoms with van der Waals surface area (Å²) in [6.07, 6.45) is 6.16. The van der Waals surface area contributed by atoms with E-state index in [1.165, 1.54) is 28.4 Å². The van der Waals surface area contributed by atoms with Gasteiger partial charge in [-0.05, 0) is 23.3 Å². The second-order valence-electron chi connectivity index (χ2n) is 8.69. The second kappa shape index (κ2) is 10.2. The average molecular weight is 522 g/mol. The van der Waals surface area contributed by atoms with Crippen LogP contribution < -0.4 is 9.88 Å². The first-order valence-electron chi connectivity index (χ1n) is 11.4. The molecule has 1 saturated heterocycles. The number of aromatic nitrogens is 2. The number of rotatable bonds is 8. The highest BCUT2D eigenvalue weighted by atomic mass is 32.2. The number of thioether (sulfide) groups is 2. The highest BCUT2D eigenvalue weighted by Gasteiger charge is 2.54. The number of nitrogens with zero attached hydrogens (tertiary/aromatic N) is 3. The summed E-state index contributed by atoms with van der Waals surface area (Å²) in [5.74, 6) is -1.33. The standard InChI is InChI=1S/C26H24N4O4S2/c1-28-11-12-29(16-28)14-18-7-9-19(10-8-18)36-20-15-35-25-22(24(32)30(25)23(20)26(33)34)27-21(31)13-17-5-3-2-4-6-17/h2-12,16,22,25H,13-15H2,1H3,(H-,27,31,33,34)/p+1/t22-,25-/m1/s1. The normalized spacial score (nSPS) is 19.0. The van der Waals surface area contributed by atoms with E-state index in [0.717, 1.165) is 22.6 Å². The Bertz CT molecular complexity index is 1340. The SMILES string of the molecule is C[n+]1ccn(Cc2ccc(SC3=C(C(=O)O)N4C(=O)[C@@H](NC(=O)Cc5ccccc5)[C@H]4SC3)cc2)c1. The first-order valence-corrected chi connectivity index (χ1v) is 13.3. The molecule has 2 aliphatic rings. The van der Waals surface area contributed by atoms with Crippen molar-refractivity contribution in [2.45, 2.75) is 29.3 Å². The molecule has 184 valence electrons. The maximum absolute atomic E-state index is 12.9. The number of aryl methyl sites for hydroxylation is 1. The molecule has 1 aromatic heterocycles. The zero-order valence-electron chi connectivity index (χ0n) is 19.5. The molecular formula is C26H25N4O4S2+. The van der Waals surface area contributed by atoms with E-state index in [1.54, 1.807) is 0 Å². The minimum atomic E-state index is -1.14. The fourth-order valence-electron chi connectivity index (χ4n) is 4.29. The first kappa shape index (κ1) is 24.2. The number of β-lactam (4-membered cyclic amide) rings is 1. The summed E-state index contributed by atoms with van der Waals surface area (Å²) in [5.41, 5.74) is 1.99. The van der Waals surface area contributed by atoms with Gasteiger partial charge >= 0.3 is 5.97 Å². The summed E-state index contributed by atoms with van der Waals surface area (Å²) >= 11 is 2.84. The van der Waals surface area contributed by atoms with E-state index in [0.29, 0.717) is 10.7 Å². The van der Waals surface area contributed by atoms with Crippen molar-refractivity contribution in [2.75, 3.05) is 5.75 Å². The molecule has 0 aliphatic carbocycles. The van der Waals surface area contributed by atoms with Gasteiger partial charge in [0.2, 0.25) is 12.2 Å².